The molecule has 7 heteroatoms. The summed E-state index contributed by atoms with van der Waals surface area (Å²) < 4.78 is 0. The summed E-state index contributed by atoms with van der Waals surface area (Å²) in [5.74, 6) is 4.98. The van der Waals surface area contributed by atoms with Gasteiger partial charge < -0.3 is 11.2 Å². The number of hydrogen-bond donors (Lipinski definition) is 3. The third kappa shape index (κ3) is 4.35. The lowest BCUT2D eigenvalue weighted by atomic mass is 9.93. The summed E-state index contributed by atoms with van der Waals surface area (Å²) in [5.41, 5.74) is 3.08. The van der Waals surface area contributed by atoms with Crippen LogP contribution in [-0.4, -0.2) is 10.8 Å². The quantitative estimate of drug-likeness (QED) is 0.251. The lowest BCUT2D eigenvalue weighted by Crippen LogP contribution is -2.11. The van der Waals surface area contributed by atoms with Crippen molar-refractivity contribution in [1.29, 1.82) is 5.41 Å². The van der Waals surface area contributed by atoms with Gasteiger partial charge in [-0.15, -0.1) is 16.5 Å². The normalized spacial score (nSPS) is 13.2. The van der Waals surface area contributed by atoms with Crippen molar-refractivity contribution in [1.82, 2.24) is 4.98 Å². The number of nitrogens with zero attached hydrogens (tertiary/aromatic N) is 3. The first kappa shape index (κ1) is 17.1. The fourth-order valence-corrected chi connectivity index (χ4v) is 2.92. The minimum Gasteiger partial charge on any atom is -0.332 e. The van der Waals surface area contributed by atoms with E-state index < -0.39 is 0 Å². The fourth-order valence-electron chi connectivity index (χ4n) is 1.96. The highest BCUT2D eigenvalue weighted by Gasteiger charge is 2.17. The van der Waals surface area contributed by atoms with Gasteiger partial charge in [-0.2, -0.15) is 0 Å². The summed E-state index contributed by atoms with van der Waals surface area (Å²) in [4.78, 5) is 4.62. The third-order valence-corrected chi connectivity index (χ3v) is 4.27. The number of benzene rings is 1. The third-order valence-electron chi connectivity index (χ3n) is 3.51. The number of anilines is 2. The van der Waals surface area contributed by atoms with Gasteiger partial charge in [0.15, 0.2) is 11.0 Å². The van der Waals surface area contributed by atoms with Crippen LogP contribution in [0.1, 0.15) is 44.9 Å². The number of thiazole rings is 1. The number of nitrogens with two attached hydrogens (primary N) is 1. The van der Waals surface area contributed by atoms with Gasteiger partial charge in [0.1, 0.15) is 0 Å². The average molecular weight is 330 g/mol. The van der Waals surface area contributed by atoms with Crippen LogP contribution >= 0.6 is 11.3 Å². The molecule has 1 aromatic heterocycles. The van der Waals surface area contributed by atoms with E-state index in [1.165, 1.54) is 0 Å². The molecule has 0 bridgehead atoms. The van der Waals surface area contributed by atoms with Crippen LogP contribution in [0, 0.1) is 5.41 Å². The van der Waals surface area contributed by atoms with Crippen LogP contribution in [-0.2, 0) is 5.41 Å². The largest absolute Gasteiger partial charge is 0.332 e. The Bertz CT molecular complexity index is 696. The van der Waals surface area contributed by atoms with E-state index in [0.29, 0.717) is 0 Å². The Morgan fingerprint density at radius 3 is 2.48 bits per heavy atom. The van der Waals surface area contributed by atoms with Crippen LogP contribution in [0.2, 0.25) is 0 Å². The molecule has 0 aliphatic rings. The van der Waals surface area contributed by atoms with E-state index in [-0.39, 0.29) is 17.2 Å². The predicted octanol–water partition coefficient (Wildman–Crippen LogP) is 4.59. The van der Waals surface area contributed by atoms with Gasteiger partial charge in [0.2, 0.25) is 0 Å². The van der Waals surface area contributed by atoms with Crippen LogP contribution in [0.3, 0.4) is 0 Å². The molecule has 2 aromatic rings. The molecule has 6 nitrogen and oxygen atoms in total. The fraction of sp³-hybridized carbons (Fsp3) is 0.375. The Labute approximate surface area is 140 Å². The van der Waals surface area contributed by atoms with Crippen molar-refractivity contribution >= 4 is 28.0 Å². The monoisotopic (exact) mass is 330 g/mol. The maximum Gasteiger partial charge on any atom is 0.187 e. The first-order valence-corrected chi connectivity index (χ1v) is 8.21. The first-order chi connectivity index (χ1) is 10.8. The molecule has 1 aromatic carbocycles. The van der Waals surface area contributed by atoms with Gasteiger partial charge in [-0.05, 0) is 17.7 Å². The zero-order valence-electron chi connectivity index (χ0n) is 13.8. The highest BCUT2D eigenvalue weighted by molar-refractivity contribution is 7.13. The standard InChI is InChI=1S/C16H22N6S/c1-10(14(17)21-22-18)11-5-7-12(8-6-11)19-15-20-13(9-23-15)16(2,3)4/h5-10H,1-4H3,(H,19,20)(H3,17,18,21)/t10-/m1/s1. The van der Waals surface area contributed by atoms with Gasteiger partial charge in [0, 0.05) is 22.4 Å². The zero-order valence-corrected chi connectivity index (χ0v) is 14.6. The highest BCUT2D eigenvalue weighted by atomic mass is 32.1. The SMILES string of the molecule is C[C@@H](C(=N)N=NN)c1ccc(Nc2nc(C(C)(C)C)cs2)cc1. The zero-order chi connectivity index (χ0) is 17.0. The molecule has 122 valence electrons. The van der Waals surface area contributed by atoms with E-state index in [0.717, 1.165) is 22.1 Å². The van der Waals surface area contributed by atoms with E-state index in [1.807, 2.05) is 31.2 Å². The summed E-state index contributed by atoms with van der Waals surface area (Å²) >= 11 is 1.60. The maximum atomic E-state index is 7.76. The Kier molecular flexibility index (Phi) is 5.10. The van der Waals surface area contributed by atoms with Crippen molar-refractivity contribution in [2.75, 3.05) is 5.32 Å². The molecular weight excluding hydrogens is 308 g/mol. The van der Waals surface area contributed by atoms with Crippen molar-refractivity contribution in [3.8, 4) is 0 Å². The van der Waals surface area contributed by atoms with Crippen molar-refractivity contribution in [3.05, 3.63) is 40.9 Å². The van der Waals surface area contributed by atoms with Gasteiger partial charge in [-0.1, -0.05) is 45.1 Å². The molecule has 0 fully saturated rings. The van der Waals surface area contributed by atoms with E-state index in [9.17, 15) is 0 Å². The molecule has 0 aliphatic carbocycles. The molecule has 0 spiro atoms. The highest BCUT2D eigenvalue weighted by Crippen LogP contribution is 2.28. The minimum absolute atomic E-state index is 0.0492. The van der Waals surface area contributed by atoms with Crippen LogP contribution in [0.4, 0.5) is 10.8 Å². The van der Waals surface area contributed by atoms with Crippen LogP contribution in [0.25, 0.3) is 0 Å². The van der Waals surface area contributed by atoms with Gasteiger partial charge >= 0.3 is 0 Å². The molecular formula is C16H22N6S. The molecule has 23 heavy (non-hydrogen) atoms. The van der Waals surface area contributed by atoms with E-state index >= 15 is 0 Å². The summed E-state index contributed by atoms with van der Waals surface area (Å²) in [6, 6.07) is 7.87. The molecule has 0 saturated carbocycles. The van der Waals surface area contributed by atoms with Gasteiger partial charge in [-0.25, -0.2) is 4.98 Å². The summed E-state index contributed by atoms with van der Waals surface area (Å²) in [6.07, 6.45) is 0. The van der Waals surface area contributed by atoms with Crippen molar-refractivity contribution in [2.24, 2.45) is 16.2 Å². The second-order valence-corrected chi connectivity index (χ2v) is 7.22. The number of rotatable bonds is 4. The Morgan fingerprint density at radius 2 is 1.96 bits per heavy atom. The van der Waals surface area contributed by atoms with Crippen LogP contribution in [0.5, 0.6) is 0 Å². The smallest absolute Gasteiger partial charge is 0.187 e. The molecule has 0 aliphatic heterocycles. The van der Waals surface area contributed by atoms with E-state index in [2.05, 4.69) is 46.8 Å². The first-order valence-electron chi connectivity index (χ1n) is 7.33. The van der Waals surface area contributed by atoms with E-state index in [4.69, 9.17) is 11.3 Å². The minimum atomic E-state index is -0.149. The molecule has 2 rings (SSSR count). The number of amidine groups is 1. The van der Waals surface area contributed by atoms with Crippen molar-refractivity contribution < 1.29 is 0 Å². The second kappa shape index (κ2) is 6.87. The molecule has 1 atom stereocenters. The van der Waals surface area contributed by atoms with E-state index in [1.54, 1.807) is 11.3 Å². The second-order valence-electron chi connectivity index (χ2n) is 6.36. The van der Waals surface area contributed by atoms with Gasteiger partial charge in [-0.3, -0.25) is 5.41 Å². The van der Waals surface area contributed by atoms with Crippen molar-refractivity contribution in [2.45, 2.75) is 39.0 Å². The molecule has 1 heterocycles. The van der Waals surface area contributed by atoms with Gasteiger partial charge in [0.05, 0.1) is 5.69 Å². The molecule has 0 amide bonds. The molecule has 0 unspecified atom stereocenters. The summed E-state index contributed by atoms with van der Waals surface area (Å²) in [7, 11) is 0. The Balaban J connectivity index is 2.08. The predicted molar refractivity (Wildman–Crippen MR) is 95.7 cm³/mol. The molecule has 4 N–H and O–H groups in total. The lowest BCUT2D eigenvalue weighted by Gasteiger charge is -2.14. The number of aromatic nitrogens is 1. The maximum absolute atomic E-state index is 7.76. The molecule has 0 saturated heterocycles. The topological polar surface area (TPSA) is 99.5 Å². The van der Waals surface area contributed by atoms with Crippen LogP contribution < -0.4 is 11.2 Å². The number of hydrogen-bond acceptors (Lipinski definition) is 5. The number of nitrogens with one attached hydrogen (secondary N) is 2. The summed E-state index contributed by atoms with van der Waals surface area (Å²) in [6.45, 7) is 8.34. The average Bonchev–Trinajstić information content (AvgIpc) is 2.96. The lowest BCUT2D eigenvalue weighted by molar-refractivity contribution is 0.573. The van der Waals surface area contributed by atoms with Crippen molar-refractivity contribution in [3.63, 3.8) is 0 Å². The molecule has 0 radical (unpaired) electrons. The van der Waals surface area contributed by atoms with Gasteiger partial charge in [0.25, 0.3) is 0 Å². The Morgan fingerprint density at radius 1 is 1.30 bits per heavy atom. The Hall–Kier alpha value is -2.28. The van der Waals surface area contributed by atoms with Crippen LogP contribution in [0.15, 0.2) is 40.0 Å². The summed E-state index contributed by atoms with van der Waals surface area (Å²) in [5, 5.41) is 20.8.